The monoisotopic (exact) mass is 343 g/mol. The zero-order chi connectivity index (χ0) is 17.3. The summed E-state index contributed by atoms with van der Waals surface area (Å²) in [6, 6.07) is 8.78. The lowest BCUT2D eigenvalue weighted by Crippen LogP contribution is -2.28. The molecule has 3 rings (SSSR count). The van der Waals surface area contributed by atoms with Crippen LogP contribution in [0.5, 0.6) is 0 Å². The third-order valence-electron chi connectivity index (χ3n) is 4.63. The van der Waals surface area contributed by atoms with Crippen molar-refractivity contribution in [2.45, 2.75) is 57.8 Å². The molecule has 0 aliphatic heterocycles. The molecule has 1 aromatic heterocycles. The van der Waals surface area contributed by atoms with Gasteiger partial charge in [-0.05, 0) is 51.7 Å². The van der Waals surface area contributed by atoms with E-state index >= 15 is 0 Å². The first-order valence-electron chi connectivity index (χ1n) is 8.50. The van der Waals surface area contributed by atoms with Crippen molar-refractivity contribution in [2.75, 3.05) is 5.75 Å². The molecule has 5 heteroatoms. The number of carbonyl (C=O) groups is 1. The van der Waals surface area contributed by atoms with Gasteiger partial charge in [0.05, 0.1) is 17.5 Å². The average molecular weight is 343 g/mol. The number of thioether (sulfide) groups is 1. The van der Waals surface area contributed by atoms with Crippen LogP contribution in [0.25, 0.3) is 0 Å². The van der Waals surface area contributed by atoms with E-state index in [0.29, 0.717) is 11.8 Å². The van der Waals surface area contributed by atoms with E-state index < -0.39 is 0 Å². The van der Waals surface area contributed by atoms with Gasteiger partial charge in [0.2, 0.25) is 5.91 Å². The van der Waals surface area contributed by atoms with Crippen LogP contribution in [0.15, 0.2) is 29.4 Å². The van der Waals surface area contributed by atoms with Gasteiger partial charge in [-0.3, -0.25) is 4.79 Å². The molecule has 1 heterocycles. The number of rotatable bonds is 6. The maximum Gasteiger partial charge on any atom is 0.230 e. The van der Waals surface area contributed by atoms with Crippen molar-refractivity contribution in [1.29, 1.82) is 0 Å². The van der Waals surface area contributed by atoms with E-state index in [9.17, 15) is 4.79 Å². The van der Waals surface area contributed by atoms with Crippen molar-refractivity contribution in [3.8, 4) is 0 Å². The number of amides is 1. The van der Waals surface area contributed by atoms with Crippen molar-refractivity contribution in [3.05, 3.63) is 46.8 Å². The molecule has 2 aromatic rings. The molecular weight excluding hydrogens is 318 g/mol. The normalized spacial score (nSPS) is 15.3. The van der Waals surface area contributed by atoms with Crippen molar-refractivity contribution in [2.24, 2.45) is 0 Å². The molecule has 0 spiro atoms. The number of carbonyl (C=O) groups excluding carboxylic acids is 1. The largest absolute Gasteiger partial charge is 0.349 e. The third kappa shape index (κ3) is 3.66. The zero-order valence-corrected chi connectivity index (χ0v) is 15.6. The van der Waals surface area contributed by atoms with Gasteiger partial charge in [0.25, 0.3) is 0 Å². The van der Waals surface area contributed by atoms with E-state index in [-0.39, 0.29) is 11.9 Å². The Hall–Kier alpha value is -1.75. The molecule has 0 saturated heterocycles. The lowest BCUT2D eigenvalue weighted by atomic mass is 10.0. The molecule has 24 heavy (non-hydrogen) atoms. The molecule has 1 aliphatic carbocycles. The first kappa shape index (κ1) is 17.1. The van der Waals surface area contributed by atoms with Crippen molar-refractivity contribution in [1.82, 2.24) is 14.9 Å². The van der Waals surface area contributed by atoms with Gasteiger partial charge in [0, 0.05) is 11.7 Å². The topological polar surface area (TPSA) is 46.9 Å². The highest BCUT2D eigenvalue weighted by Gasteiger charge is 2.28. The molecule has 4 nitrogen and oxygen atoms in total. The highest BCUT2D eigenvalue weighted by molar-refractivity contribution is 7.99. The molecule has 1 aliphatic rings. The summed E-state index contributed by atoms with van der Waals surface area (Å²) in [6.45, 7) is 8.26. The molecule has 1 aromatic carbocycles. The van der Waals surface area contributed by atoms with E-state index in [0.717, 1.165) is 10.9 Å². The first-order chi connectivity index (χ1) is 11.5. The standard InChI is InChI=1S/C19H25N3OS/c1-12-7-5-6-8-17(12)14(3)20-18(23)11-24-19-21-13(2)15(4)22(19)16-9-10-16/h5-8,14,16H,9-11H2,1-4H3,(H,20,23). The number of hydrogen-bond donors (Lipinski definition) is 1. The fourth-order valence-corrected chi connectivity index (χ4v) is 3.99. The lowest BCUT2D eigenvalue weighted by Gasteiger charge is -2.16. The maximum absolute atomic E-state index is 12.3. The predicted octanol–water partition coefficient (Wildman–Crippen LogP) is 4.11. The predicted molar refractivity (Wildman–Crippen MR) is 98.4 cm³/mol. The summed E-state index contributed by atoms with van der Waals surface area (Å²) < 4.78 is 2.30. The van der Waals surface area contributed by atoms with Crippen molar-refractivity contribution in [3.63, 3.8) is 0 Å². The van der Waals surface area contributed by atoms with Gasteiger partial charge in [0.1, 0.15) is 0 Å². The van der Waals surface area contributed by atoms with Gasteiger partial charge >= 0.3 is 0 Å². The average Bonchev–Trinajstić information content (AvgIpc) is 3.33. The van der Waals surface area contributed by atoms with E-state index in [1.165, 1.54) is 41.4 Å². The molecule has 1 fully saturated rings. The highest BCUT2D eigenvalue weighted by atomic mass is 32.2. The Bertz CT molecular complexity index is 749. The SMILES string of the molecule is Cc1ccccc1C(C)NC(=O)CSc1nc(C)c(C)n1C1CC1. The Morgan fingerprint density at radius 3 is 2.71 bits per heavy atom. The summed E-state index contributed by atoms with van der Waals surface area (Å²) in [7, 11) is 0. The third-order valence-corrected chi connectivity index (χ3v) is 5.58. The minimum atomic E-state index is 0.0194. The molecule has 1 amide bonds. The van der Waals surface area contributed by atoms with Crippen LogP contribution in [0.3, 0.4) is 0 Å². The second-order valence-corrected chi connectivity index (χ2v) is 7.54. The molecule has 1 N–H and O–H groups in total. The van der Waals surface area contributed by atoms with Gasteiger partial charge in [-0.1, -0.05) is 36.0 Å². The van der Waals surface area contributed by atoms with Crippen LogP contribution < -0.4 is 5.32 Å². The summed E-state index contributed by atoms with van der Waals surface area (Å²) in [5.41, 5.74) is 4.67. The molecule has 128 valence electrons. The summed E-state index contributed by atoms with van der Waals surface area (Å²) >= 11 is 1.54. The number of imidazole rings is 1. The second kappa shape index (κ2) is 7.01. The van der Waals surface area contributed by atoms with Gasteiger partial charge in [-0.15, -0.1) is 0 Å². The van der Waals surface area contributed by atoms with Crippen molar-refractivity contribution >= 4 is 17.7 Å². The van der Waals surface area contributed by atoms with Gasteiger partial charge < -0.3 is 9.88 Å². The van der Waals surface area contributed by atoms with Gasteiger partial charge in [-0.25, -0.2) is 4.98 Å². The summed E-state index contributed by atoms with van der Waals surface area (Å²) in [5.74, 6) is 0.454. The van der Waals surface area contributed by atoms with E-state index in [1.807, 2.05) is 26.0 Å². The fourth-order valence-electron chi connectivity index (χ4n) is 3.02. The quantitative estimate of drug-likeness (QED) is 0.803. The maximum atomic E-state index is 12.3. The Labute approximate surface area is 148 Å². The summed E-state index contributed by atoms with van der Waals surface area (Å²) in [5, 5.41) is 4.07. The Balaban J connectivity index is 1.60. The zero-order valence-electron chi connectivity index (χ0n) is 14.8. The van der Waals surface area contributed by atoms with Crippen LogP contribution in [0.4, 0.5) is 0 Å². The van der Waals surface area contributed by atoms with Crippen LogP contribution in [-0.2, 0) is 4.79 Å². The lowest BCUT2D eigenvalue weighted by molar-refractivity contribution is -0.119. The van der Waals surface area contributed by atoms with Gasteiger partial charge in [-0.2, -0.15) is 0 Å². The highest BCUT2D eigenvalue weighted by Crippen LogP contribution is 2.39. The molecule has 0 bridgehead atoms. The van der Waals surface area contributed by atoms with Crippen LogP contribution in [0.1, 0.15) is 54.4 Å². The number of aryl methyl sites for hydroxylation is 2. The fraction of sp³-hybridized carbons (Fsp3) is 0.474. The summed E-state index contributed by atoms with van der Waals surface area (Å²) in [6.07, 6.45) is 2.45. The number of benzene rings is 1. The smallest absolute Gasteiger partial charge is 0.230 e. The minimum Gasteiger partial charge on any atom is -0.349 e. The van der Waals surface area contributed by atoms with Gasteiger partial charge in [0.15, 0.2) is 5.16 Å². The molecule has 1 unspecified atom stereocenters. The number of nitrogens with one attached hydrogen (secondary N) is 1. The van der Waals surface area contributed by atoms with Crippen LogP contribution >= 0.6 is 11.8 Å². The number of nitrogens with zero attached hydrogens (tertiary/aromatic N) is 2. The Morgan fingerprint density at radius 2 is 2.04 bits per heavy atom. The minimum absolute atomic E-state index is 0.0194. The first-order valence-corrected chi connectivity index (χ1v) is 9.49. The van der Waals surface area contributed by atoms with Crippen molar-refractivity contribution < 1.29 is 4.79 Å². The summed E-state index contributed by atoms with van der Waals surface area (Å²) in [4.78, 5) is 17.0. The Kier molecular flexibility index (Phi) is 4.99. The molecule has 1 atom stereocenters. The van der Waals surface area contributed by atoms with Crippen LogP contribution in [0, 0.1) is 20.8 Å². The van der Waals surface area contributed by atoms with Crippen LogP contribution in [-0.4, -0.2) is 21.2 Å². The molecule has 0 radical (unpaired) electrons. The molecular formula is C19H25N3OS. The van der Waals surface area contributed by atoms with E-state index in [2.05, 4.69) is 40.8 Å². The number of hydrogen-bond acceptors (Lipinski definition) is 3. The van der Waals surface area contributed by atoms with E-state index in [4.69, 9.17) is 0 Å². The van der Waals surface area contributed by atoms with E-state index in [1.54, 1.807) is 0 Å². The Morgan fingerprint density at radius 1 is 1.33 bits per heavy atom. The van der Waals surface area contributed by atoms with Crippen LogP contribution in [0.2, 0.25) is 0 Å². The molecule has 1 saturated carbocycles. The second-order valence-electron chi connectivity index (χ2n) is 6.60. The number of aromatic nitrogens is 2.